The van der Waals surface area contributed by atoms with E-state index in [0.717, 1.165) is 16.8 Å². The van der Waals surface area contributed by atoms with Gasteiger partial charge in [-0.3, -0.25) is 4.79 Å². The molecular weight excluding hydrogens is 370 g/mol. The Bertz CT molecular complexity index is 946. The van der Waals surface area contributed by atoms with Gasteiger partial charge in [-0.2, -0.15) is 5.26 Å². The number of nitrogens with one attached hydrogen (secondary N) is 1. The SMILES string of the molecule is Cc1ccc(Cl)cc1N=C1NC(=O)/C(=C/c2ccc(OCC#N)cc2)S1. The maximum absolute atomic E-state index is 12.2. The van der Waals surface area contributed by atoms with Gasteiger partial charge in [0.25, 0.3) is 5.91 Å². The van der Waals surface area contributed by atoms with E-state index in [-0.39, 0.29) is 12.5 Å². The molecule has 1 amide bonds. The first-order valence-corrected chi connectivity index (χ1v) is 8.90. The highest BCUT2D eigenvalue weighted by Gasteiger charge is 2.24. The Kier molecular flexibility index (Phi) is 5.61. The minimum absolute atomic E-state index is 0.00143. The highest BCUT2D eigenvalue weighted by Crippen LogP contribution is 2.30. The molecule has 1 heterocycles. The summed E-state index contributed by atoms with van der Waals surface area (Å²) in [6.07, 6.45) is 1.78. The summed E-state index contributed by atoms with van der Waals surface area (Å²) in [5.41, 5.74) is 2.55. The summed E-state index contributed by atoms with van der Waals surface area (Å²) in [7, 11) is 0. The van der Waals surface area contributed by atoms with Gasteiger partial charge in [0.05, 0.1) is 10.6 Å². The molecule has 1 N–H and O–H groups in total. The third kappa shape index (κ3) is 4.45. The van der Waals surface area contributed by atoms with E-state index in [2.05, 4.69) is 10.3 Å². The third-order valence-electron chi connectivity index (χ3n) is 3.53. The van der Waals surface area contributed by atoms with Crippen LogP contribution in [0.5, 0.6) is 5.75 Å². The summed E-state index contributed by atoms with van der Waals surface area (Å²) < 4.78 is 5.21. The molecule has 130 valence electrons. The van der Waals surface area contributed by atoms with Crippen molar-refractivity contribution in [3.8, 4) is 11.8 Å². The van der Waals surface area contributed by atoms with Crippen LogP contribution in [0, 0.1) is 18.3 Å². The van der Waals surface area contributed by atoms with E-state index < -0.39 is 0 Å². The molecule has 0 bridgehead atoms. The second-order valence-electron chi connectivity index (χ2n) is 5.43. The van der Waals surface area contributed by atoms with Crippen LogP contribution in [0.2, 0.25) is 5.02 Å². The van der Waals surface area contributed by atoms with Crippen LogP contribution in [0.15, 0.2) is 52.4 Å². The van der Waals surface area contributed by atoms with Gasteiger partial charge in [0.15, 0.2) is 11.8 Å². The number of amides is 1. The normalized spacial score (nSPS) is 16.6. The van der Waals surface area contributed by atoms with Crippen LogP contribution in [0.25, 0.3) is 6.08 Å². The smallest absolute Gasteiger partial charge is 0.264 e. The Morgan fingerprint density at radius 2 is 2.08 bits per heavy atom. The lowest BCUT2D eigenvalue weighted by atomic mass is 10.2. The van der Waals surface area contributed by atoms with Crippen molar-refractivity contribution in [3.05, 3.63) is 63.5 Å². The predicted molar refractivity (Wildman–Crippen MR) is 105 cm³/mol. The number of benzene rings is 2. The number of thioether (sulfide) groups is 1. The van der Waals surface area contributed by atoms with E-state index in [1.54, 1.807) is 30.3 Å². The molecule has 26 heavy (non-hydrogen) atoms. The first kappa shape index (κ1) is 18.1. The van der Waals surface area contributed by atoms with Gasteiger partial charge in [0.1, 0.15) is 11.8 Å². The Labute approximate surface area is 160 Å². The topological polar surface area (TPSA) is 74.5 Å². The number of halogens is 1. The van der Waals surface area contributed by atoms with Crippen molar-refractivity contribution in [2.24, 2.45) is 4.99 Å². The fraction of sp³-hybridized carbons (Fsp3) is 0.105. The summed E-state index contributed by atoms with van der Waals surface area (Å²) in [5.74, 6) is 0.411. The molecule has 2 aromatic carbocycles. The first-order valence-electron chi connectivity index (χ1n) is 7.71. The summed E-state index contributed by atoms with van der Waals surface area (Å²) in [5, 5.41) is 12.4. The number of aryl methyl sites for hydroxylation is 1. The van der Waals surface area contributed by atoms with Crippen molar-refractivity contribution in [1.29, 1.82) is 5.26 Å². The molecule has 1 fully saturated rings. The zero-order valence-corrected chi connectivity index (χ0v) is 15.4. The molecule has 0 unspecified atom stereocenters. The van der Waals surface area contributed by atoms with Crippen molar-refractivity contribution in [1.82, 2.24) is 5.32 Å². The van der Waals surface area contributed by atoms with Crippen LogP contribution in [0.3, 0.4) is 0 Å². The van der Waals surface area contributed by atoms with Crippen LogP contribution in [-0.2, 0) is 4.79 Å². The summed E-state index contributed by atoms with van der Waals surface area (Å²) in [6, 6.07) is 14.5. The van der Waals surface area contributed by atoms with Gasteiger partial charge in [-0.1, -0.05) is 29.8 Å². The zero-order chi connectivity index (χ0) is 18.5. The monoisotopic (exact) mass is 383 g/mol. The van der Waals surface area contributed by atoms with E-state index in [0.29, 0.717) is 20.8 Å². The number of nitrogens with zero attached hydrogens (tertiary/aromatic N) is 2. The molecule has 7 heteroatoms. The average molecular weight is 384 g/mol. The van der Waals surface area contributed by atoms with Crippen molar-refractivity contribution in [2.45, 2.75) is 6.92 Å². The van der Waals surface area contributed by atoms with Crippen molar-refractivity contribution in [2.75, 3.05) is 6.61 Å². The number of rotatable bonds is 4. The molecular formula is C19H14ClN3O2S. The van der Waals surface area contributed by atoms with Crippen LogP contribution >= 0.6 is 23.4 Å². The Morgan fingerprint density at radius 1 is 1.31 bits per heavy atom. The lowest BCUT2D eigenvalue weighted by Gasteiger charge is -2.02. The van der Waals surface area contributed by atoms with Crippen LogP contribution < -0.4 is 10.1 Å². The lowest BCUT2D eigenvalue weighted by molar-refractivity contribution is -0.115. The highest BCUT2D eigenvalue weighted by molar-refractivity contribution is 8.18. The number of amidine groups is 1. The van der Waals surface area contributed by atoms with Crippen LogP contribution in [0.1, 0.15) is 11.1 Å². The van der Waals surface area contributed by atoms with Crippen molar-refractivity contribution in [3.63, 3.8) is 0 Å². The van der Waals surface area contributed by atoms with Gasteiger partial charge in [-0.25, -0.2) is 4.99 Å². The van der Waals surface area contributed by atoms with Gasteiger partial charge in [0.2, 0.25) is 0 Å². The van der Waals surface area contributed by atoms with E-state index in [1.165, 1.54) is 11.8 Å². The van der Waals surface area contributed by atoms with Gasteiger partial charge < -0.3 is 10.1 Å². The number of ether oxygens (including phenoxy) is 1. The average Bonchev–Trinajstić information content (AvgIpc) is 2.96. The van der Waals surface area contributed by atoms with E-state index in [1.807, 2.05) is 31.2 Å². The minimum Gasteiger partial charge on any atom is -0.479 e. The molecule has 0 atom stereocenters. The van der Waals surface area contributed by atoms with E-state index >= 15 is 0 Å². The number of nitriles is 1. The highest BCUT2D eigenvalue weighted by atomic mass is 35.5. The fourth-order valence-electron chi connectivity index (χ4n) is 2.22. The van der Waals surface area contributed by atoms with Crippen molar-refractivity contribution >= 4 is 46.2 Å². The number of hydrogen-bond acceptors (Lipinski definition) is 5. The third-order valence-corrected chi connectivity index (χ3v) is 4.67. The number of aliphatic imine (C=N–C) groups is 1. The second-order valence-corrected chi connectivity index (χ2v) is 6.90. The van der Waals surface area contributed by atoms with Gasteiger partial charge in [0, 0.05) is 5.02 Å². The molecule has 5 nitrogen and oxygen atoms in total. The number of carbonyl (C=O) groups is 1. The Hall–Kier alpha value is -2.75. The van der Waals surface area contributed by atoms with E-state index in [4.69, 9.17) is 21.6 Å². The van der Waals surface area contributed by atoms with Gasteiger partial charge in [-0.15, -0.1) is 0 Å². The number of carbonyl (C=O) groups excluding carboxylic acids is 1. The summed E-state index contributed by atoms with van der Waals surface area (Å²) in [4.78, 5) is 17.2. The molecule has 3 rings (SSSR count). The molecule has 0 spiro atoms. The standard InChI is InChI=1S/C19H14ClN3O2S/c1-12-2-5-14(20)11-16(12)22-19-23-18(24)17(26-19)10-13-3-6-15(7-4-13)25-9-8-21/h2-7,10-11H,9H2,1H3,(H,22,23,24)/b17-10-. The van der Waals surface area contributed by atoms with Gasteiger partial charge in [-0.05, 0) is 60.2 Å². The van der Waals surface area contributed by atoms with Crippen molar-refractivity contribution < 1.29 is 9.53 Å². The molecule has 0 radical (unpaired) electrons. The molecule has 1 aliphatic heterocycles. The molecule has 1 aliphatic rings. The first-order chi connectivity index (χ1) is 12.5. The minimum atomic E-state index is -0.196. The van der Waals surface area contributed by atoms with Gasteiger partial charge >= 0.3 is 0 Å². The van der Waals surface area contributed by atoms with Crippen LogP contribution in [-0.4, -0.2) is 17.7 Å². The Balaban J connectivity index is 1.77. The summed E-state index contributed by atoms with van der Waals surface area (Å²) >= 11 is 7.28. The zero-order valence-electron chi connectivity index (χ0n) is 13.8. The molecule has 1 saturated heterocycles. The fourth-order valence-corrected chi connectivity index (χ4v) is 3.22. The van der Waals surface area contributed by atoms with E-state index in [9.17, 15) is 4.79 Å². The number of hydrogen-bond donors (Lipinski definition) is 1. The molecule has 0 aliphatic carbocycles. The predicted octanol–water partition coefficient (Wildman–Crippen LogP) is 4.44. The second kappa shape index (κ2) is 8.09. The van der Waals surface area contributed by atoms with Crippen LogP contribution in [0.4, 0.5) is 5.69 Å². The molecule has 2 aromatic rings. The largest absolute Gasteiger partial charge is 0.479 e. The summed E-state index contributed by atoms with van der Waals surface area (Å²) in [6.45, 7) is 1.94. The lowest BCUT2D eigenvalue weighted by Crippen LogP contribution is -2.19. The molecule has 0 aromatic heterocycles. The maximum Gasteiger partial charge on any atom is 0.264 e. The molecule has 0 saturated carbocycles. The quantitative estimate of drug-likeness (QED) is 0.792. The Morgan fingerprint density at radius 3 is 2.81 bits per heavy atom. The maximum atomic E-state index is 12.2.